The molecule has 2 aromatic carbocycles. The molecule has 0 radical (unpaired) electrons. The Labute approximate surface area is 147 Å². The average Bonchev–Trinajstić information content (AvgIpc) is 2.47. The maximum absolute atomic E-state index is 12.8. The third kappa shape index (κ3) is 5.04. The lowest BCUT2D eigenvalue weighted by Crippen LogP contribution is -1.95. The molecule has 0 aliphatic heterocycles. The summed E-state index contributed by atoms with van der Waals surface area (Å²) in [5, 5.41) is 0. The molecule has 0 N–H and O–H groups in total. The summed E-state index contributed by atoms with van der Waals surface area (Å²) in [6, 6.07) is 15.5. The quantitative estimate of drug-likeness (QED) is 0.495. The van der Waals surface area contributed by atoms with Gasteiger partial charge in [-0.15, -0.1) is 0 Å². The van der Waals surface area contributed by atoms with Gasteiger partial charge in [0, 0.05) is 4.90 Å². The van der Waals surface area contributed by atoms with E-state index in [2.05, 4.69) is 27.7 Å². The molecule has 0 aromatic heterocycles. The summed E-state index contributed by atoms with van der Waals surface area (Å²) in [4.78, 5) is 0.905. The molecule has 2 nitrogen and oxygen atoms in total. The van der Waals surface area contributed by atoms with E-state index in [1.165, 1.54) is 0 Å². The highest BCUT2D eigenvalue weighted by atomic mass is 35.7. The van der Waals surface area contributed by atoms with E-state index in [0.29, 0.717) is 11.7 Å². The largest absolute Gasteiger partial charge is 0.425 e. The summed E-state index contributed by atoms with van der Waals surface area (Å²) in [6.45, 7) is 8.35. The molecular weight excluding hydrogens is 347 g/mol. The van der Waals surface area contributed by atoms with Crippen molar-refractivity contribution in [3.63, 3.8) is 0 Å². The van der Waals surface area contributed by atoms with Crippen molar-refractivity contribution in [2.75, 3.05) is 0 Å². The lowest BCUT2D eigenvalue weighted by atomic mass is 10.0. The molecule has 0 saturated heterocycles. The minimum Gasteiger partial charge on any atom is -0.425 e. The molecule has 0 heterocycles. The number of rotatable bonds is 6. The van der Waals surface area contributed by atoms with Gasteiger partial charge in [0.15, 0.2) is 0 Å². The monoisotopic (exact) mass is 368 g/mol. The van der Waals surface area contributed by atoms with Crippen molar-refractivity contribution < 1.29 is 9.09 Å². The van der Waals surface area contributed by atoms with Gasteiger partial charge in [-0.2, -0.15) is 0 Å². The molecular formula is C18H22ClO2PS. The molecule has 2 rings (SSSR count). The molecule has 1 atom stereocenters. The average molecular weight is 369 g/mol. The van der Waals surface area contributed by atoms with Crippen LogP contribution in [-0.2, 0) is 4.57 Å². The van der Waals surface area contributed by atoms with Crippen LogP contribution in [0.3, 0.4) is 0 Å². The Hall–Kier alpha value is -0.890. The number of benzene rings is 2. The van der Waals surface area contributed by atoms with Gasteiger partial charge < -0.3 is 4.52 Å². The van der Waals surface area contributed by atoms with Gasteiger partial charge >= 0.3 is 5.92 Å². The summed E-state index contributed by atoms with van der Waals surface area (Å²) in [5.41, 5.74) is 2.13. The second kappa shape index (κ2) is 7.79. The highest BCUT2D eigenvalue weighted by Gasteiger charge is 2.26. The van der Waals surface area contributed by atoms with Crippen molar-refractivity contribution in [1.29, 1.82) is 0 Å². The van der Waals surface area contributed by atoms with Crippen LogP contribution in [0.4, 0.5) is 0 Å². The molecule has 0 bridgehead atoms. The van der Waals surface area contributed by atoms with Crippen LogP contribution in [0.15, 0.2) is 53.4 Å². The maximum atomic E-state index is 12.8. The van der Waals surface area contributed by atoms with E-state index in [-0.39, 0.29) is 5.92 Å². The van der Waals surface area contributed by atoms with Crippen LogP contribution in [0, 0.1) is 0 Å². The van der Waals surface area contributed by atoms with E-state index in [9.17, 15) is 4.57 Å². The summed E-state index contributed by atoms with van der Waals surface area (Å²) < 4.78 is 18.5. The van der Waals surface area contributed by atoms with E-state index in [1.54, 1.807) is 0 Å². The zero-order valence-corrected chi connectivity index (χ0v) is 16.3. The van der Waals surface area contributed by atoms with Crippen LogP contribution in [0.1, 0.15) is 50.7 Å². The molecule has 2 aromatic rings. The Morgan fingerprint density at radius 3 is 2.04 bits per heavy atom. The molecule has 5 heteroatoms. The van der Waals surface area contributed by atoms with Crippen molar-refractivity contribution in [3.8, 4) is 5.75 Å². The summed E-state index contributed by atoms with van der Waals surface area (Å²) in [6.07, 6.45) is 0. The van der Waals surface area contributed by atoms with E-state index >= 15 is 0 Å². The number of hydrogen-bond donors (Lipinski definition) is 0. The molecule has 0 saturated carbocycles. The minimum absolute atomic E-state index is 0.274. The van der Waals surface area contributed by atoms with Crippen LogP contribution in [0.25, 0.3) is 0 Å². The van der Waals surface area contributed by atoms with Gasteiger partial charge in [0.1, 0.15) is 5.75 Å². The minimum atomic E-state index is -3.38. The van der Waals surface area contributed by atoms with E-state index in [0.717, 1.165) is 27.4 Å². The van der Waals surface area contributed by atoms with Crippen LogP contribution < -0.4 is 4.52 Å². The Morgan fingerprint density at radius 1 is 0.913 bits per heavy atom. The molecule has 0 amide bonds. The van der Waals surface area contributed by atoms with Gasteiger partial charge in [0.05, 0.1) is 0 Å². The molecule has 0 spiro atoms. The lowest BCUT2D eigenvalue weighted by molar-refractivity contribution is 0.509. The topological polar surface area (TPSA) is 26.3 Å². The van der Waals surface area contributed by atoms with Crippen LogP contribution in [0.2, 0.25) is 0 Å². The fourth-order valence-electron chi connectivity index (χ4n) is 2.33. The first kappa shape index (κ1) is 18.4. The van der Waals surface area contributed by atoms with Crippen molar-refractivity contribution in [2.24, 2.45) is 0 Å². The van der Waals surface area contributed by atoms with Crippen molar-refractivity contribution in [2.45, 2.75) is 44.4 Å². The number of halogens is 1. The Bertz CT molecular complexity index is 658. The van der Waals surface area contributed by atoms with Crippen LogP contribution >= 0.6 is 28.5 Å². The van der Waals surface area contributed by atoms with Crippen molar-refractivity contribution >= 4 is 28.5 Å². The zero-order chi connectivity index (χ0) is 17.0. The third-order valence-electron chi connectivity index (χ3n) is 3.50. The lowest BCUT2D eigenvalue weighted by Gasteiger charge is -2.18. The predicted molar refractivity (Wildman–Crippen MR) is 101 cm³/mol. The van der Waals surface area contributed by atoms with Gasteiger partial charge in [-0.25, -0.2) is 4.57 Å². The smallest absolute Gasteiger partial charge is 0.398 e. The van der Waals surface area contributed by atoms with E-state index in [1.807, 2.05) is 48.5 Å². The maximum Gasteiger partial charge on any atom is 0.398 e. The van der Waals surface area contributed by atoms with Crippen LogP contribution in [0.5, 0.6) is 5.75 Å². The molecule has 23 heavy (non-hydrogen) atoms. The predicted octanol–water partition coefficient (Wildman–Crippen LogP) is 7.45. The third-order valence-corrected chi connectivity index (χ3v) is 6.99. The standard InChI is InChI=1S/C18H22ClO2PS/c1-13(2)15-9-5-7-11-17(15)21-22(19,20)23-18-12-8-6-10-16(18)14(3)4/h5-14H,1-4H3. The fourth-order valence-corrected chi connectivity index (χ4v) is 6.01. The summed E-state index contributed by atoms with van der Waals surface area (Å²) in [5.74, 6) is -2.18. The molecule has 0 aliphatic carbocycles. The first-order valence-electron chi connectivity index (χ1n) is 7.67. The summed E-state index contributed by atoms with van der Waals surface area (Å²) >= 11 is 7.37. The van der Waals surface area contributed by atoms with Gasteiger partial charge in [0.25, 0.3) is 0 Å². The zero-order valence-electron chi connectivity index (χ0n) is 13.8. The van der Waals surface area contributed by atoms with Gasteiger partial charge in [-0.1, -0.05) is 64.1 Å². The highest BCUT2D eigenvalue weighted by Crippen LogP contribution is 2.67. The molecule has 0 fully saturated rings. The summed E-state index contributed by atoms with van der Waals surface area (Å²) in [7, 11) is 0. The molecule has 124 valence electrons. The van der Waals surface area contributed by atoms with Gasteiger partial charge in [-0.05, 0) is 57.7 Å². The Kier molecular flexibility index (Phi) is 6.25. The van der Waals surface area contributed by atoms with E-state index in [4.69, 9.17) is 15.8 Å². The Morgan fingerprint density at radius 2 is 1.43 bits per heavy atom. The highest BCUT2D eigenvalue weighted by molar-refractivity contribution is 8.64. The van der Waals surface area contributed by atoms with Crippen molar-refractivity contribution in [1.82, 2.24) is 0 Å². The normalized spacial score (nSPS) is 14.0. The molecule has 1 unspecified atom stereocenters. The second-order valence-corrected chi connectivity index (χ2v) is 11.6. The first-order chi connectivity index (χ1) is 10.8. The Balaban J connectivity index is 2.26. The van der Waals surface area contributed by atoms with Gasteiger partial charge in [-0.3, -0.25) is 0 Å². The second-order valence-electron chi connectivity index (χ2n) is 6.00. The van der Waals surface area contributed by atoms with E-state index < -0.39 is 5.92 Å². The first-order valence-corrected chi connectivity index (χ1v) is 11.6. The van der Waals surface area contributed by atoms with Gasteiger partial charge in [0.2, 0.25) is 0 Å². The number of para-hydroxylation sites is 1. The SMILES string of the molecule is CC(C)c1ccccc1OP(=O)(Cl)Sc1ccccc1C(C)C. The van der Waals surface area contributed by atoms with Crippen LogP contribution in [-0.4, -0.2) is 0 Å². The molecule has 0 aliphatic rings. The van der Waals surface area contributed by atoms with Crippen molar-refractivity contribution in [3.05, 3.63) is 59.7 Å². The fraction of sp³-hybridized carbons (Fsp3) is 0.333. The number of hydrogen-bond acceptors (Lipinski definition) is 3.